The maximum Gasteiger partial charge on any atom is 0.314 e. The maximum absolute atomic E-state index is 12.3. The zero-order valence-electron chi connectivity index (χ0n) is 11.2. The fourth-order valence-electron chi connectivity index (χ4n) is 2.68. The lowest BCUT2D eigenvalue weighted by molar-refractivity contribution is -0.168. The lowest BCUT2D eigenvalue weighted by atomic mass is 9.79. The van der Waals surface area contributed by atoms with Crippen molar-refractivity contribution in [2.24, 2.45) is 17.1 Å². The zero-order valence-corrected chi connectivity index (χ0v) is 11.2. The van der Waals surface area contributed by atoms with Crippen molar-refractivity contribution in [3.8, 4) is 0 Å². The molecule has 0 amide bonds. The van der Waals surface area contributed by atoms with Crippen molar-refractivity contribution in [3.05, 3.63) is 0 Å². The summed E-state index contributed by atoms with van der Waals surface area (Å²) < 4.78 is 5.52. The number of hydrogen-bond donors (Lipinski definition) is 1. The molecule has 0 aromatic carbocycles. The van der Waals surface area contributed by atoms with Crippen molar-refractivity contribution in [2.45, 2.75) is 65.5 Å². The predicted octanol–water partition coefficient (Wildman–Crippen LogP) is 2.48. The van der Waals surface area contributed by atoms with Crippen LogP contribution in [0.2, 0.25) is 0 Å². The van der Waals surface area contributed by atoms with Gasteiger partial charge in [-0.1, -0.05) is 13.8 Å². The normalized spacial score (nSPS) is 35.1. The van der Waals surface area contributed by atoms with E-state index in [1.54, 1.807) is 0 Å². The molecule has 0 bridgehead atoms. The second-order valence-corrected chi connectivity index (χ2v) is 6.16. The summed E-state index contributed by atoms with van der Waals surface area (Å²) in [5.41, 5.74) is 5.26. The number of rotatable bonds is 2. The van der Waals surface area contributed by atoms with E-state index in [0.29, 0.717) is 5.92 Å². The van der Waals surface area contributed by atoms with Crippen LogP contribution in [0.15, 0.2) is 0 Å². The van der Waals surface area contributed by atoms with E-state index >= 15 is 0 Å². The van der Waals surface area contributed by atoms with Gasteiger partial charge in [-0.15, -0.1) is 0 Å². The van der Waals surface area contributed by atoms with Crippen LogP contribution in [0, 0.1) is 11.3 Å². The van der Waals surface area contributed by atoms with Crippen LogP contribution in [0.4, 0.5) is 0 Å². The predicted molar refractivity (Wildman–Crippen MR) is 64.9 cm³/mol. The van der Waals surface area contributed by atoms with Gasteiger partial charge >= 0.3 is 5.97 Å². The van der Waals surface area contributed by atoms with Gasteiger partial charge in [0.15, 0.2) is 0 Å². The average Bonchev–Trinajstić information content (AvgIpc) is 2.38. The quantitative estimate of drug-likeness (QED) is 0.737. The largest absolute Gasteiger partial charge is 0.459 e. The number of hydrogen-bond acceptors (Lipinski definition) is 3. The Kier molecular flexibility index (Phi) is 3.68. The van der Waals surface area contributed by atoms with Gasteiger partial charge < -0.3 is 10.5 Å². The molecule has 1 aliphatic rings. The van der Waals surface area contributed by atoms with E-state index in [0.717, 1.165) is 19.3 Å². The highest BCUT2D eigenvalue weighted by Gasteiger charge is 2.50. The first-order valence-electron chi connectivity index (χ1n) is 6.20. The number of esters is 1. The summed E-state index contributed by atoms with van der Waals surface area (Å²) in [6.45, 7) is 9.89. The highest BCUT2D eigenvalue weighted by Crippen LogP contribution is 2.44. The van der Waals surface area contributed by atoms with E-state index in [1.807, 2.05) is 27.7 Å². The van der Waals surface area contributed by atoms with Crippen LogP contribution in [-0.4, -0.2) is 17.6 Å². The number of carbonyl (C=O) groups excluding carboxylic acids is 1. The molecule has 3 atom stereocenters. The lowest BCUT2D eigenvalue weighted by Gasteiger charge is -2.33. The molecule has 3 nitrogen and oxygen atoms in total. The van der Waals surface area contributed by atoms with E-state index in [-0.39, 0.29) is 12.0 Å². The van der Waals surface area contributed by atoms with Gasteiger partial charge in [0.1, 0.15) is 5.60 Å². The Balaban J connectivity index is 2.85. The van der Waals surface area contributed by atoms with E-state index in [2.05, 4.69) is 6.92 Å². The van der Waals surface area contributed by atoms with Crippen LogP contribution in [0.1, 0.15) is 53.9 Å². The third kappa shape index (κ3) is 2.57. The minimum atomic E-state index is -0.452. The molecule has 16 heavy (non-hydrogen) atoms. The molecule has 3 unspecified atom stereocenters. The minimum absolute atomic E-state index is 0.0534. The van der Waals surface area contributed by atoms with Crippen molar-refractivity contribution < 1.29 is 9.53 Å². The Morgan fingerprint density at radius 1 is 1.50 bits per heavy atom. The Morgan fingerprint density at radius 3 is 2.38 bits per heavy atom. The number of ether oxygens (including phenoxy) is 1. The average molecular weight is 227 g/mol. The van der Waals surface area contributed by atoms with Gasteiger partial charge in [0.25, 0.3) is 0 Å². The first-order valence-corrected chi connectivity index (χ1v) is 6.20. The molecule has 94 valence electrons. The molecule has 1 rings (SSSR count). The standard InChI is InChI=1S/C13H25NO2/c1-6-13(8-9(2)7-10(13)14)11(15)16-12(3,4)5/h9-10H,6-8,14H2,1-5H3. The molecular formula is C13H25NO2. The molecule has 0 aromatic heterocycles. The third-order valence-corrected chi connectivity index (χ3v) is 3.52. The van der Waals surface area contributed by atoms with Crippen LogP contribution >= 0.6 is 0 Å². The Labute approximate surface area is 98.7 Å². The first kappa shape index (κ1) is 13.5. The molecule has 0 aliphatic heterocycles. The summed E-state index contributed by atoms with van der Waals surface area (Å²) in [6, 6.07) is -0.0534. The number of nitrogens with two attached hydrogens (primary N) is 1. The van der Waals surface area contributed by atoms with Crippen LogP contribution in [-0.2, 0) is 9.53 Å². The SMILES string of the molecule is CCC1(C(=O)OC(C)(C)C)CC(C)CC1N. The van der Waals surface area contributed by atoms with E-state index < -0.39 is 11.0 Å². The molecule has 0 heterocycles. The summed E-state index contributed by atoms with van der Waals surface area (Å²) in [7, 11) is 0. The Hall–Kier alpha value is -0.570. The summed E-state index contributed by atoms with van der Waals surface area (Å²) in [6.07, 6.45) is 2.56. The highest BCUT2D eigenvalue weighted by atomic mass is 16.6. The minimum Gasteiger partial charge on any atom is -0.459 e. The fraction of sp³-hybridized carbons (Fsp3) is 0.923. The maximum atomic E-state index is 12.3. The Morgan fingerprint density at radius 2 is 2.06 bits per heavy atom. The van der Waals surface area contributed by atoms with Gasteiger partial charge in [-0.25, -0.2) is 0 Å². The van der Waals surface area contributed by atoms with E-state index in [4.69, 9.17) is 10.5 Å². The second kappa shape index (κ2) is 4.36. The van der Waals surface area contributed by atoms with Crippen LogP contribution in [0.25, 0.3) is 0 Å². The van der Waals surface area contributed by atoms with E-state index in [1.165, 1.54) is 0 Å². The highest BCUT2D eigenvalue weighted by molar-refractivity contribution is 5.78. The van der Waals surface area contributed by atoms with Gasteiger partial charge in [0.2, 0.25) is 0 Å². The van der Waals surface area contributed by atoms with E-state index in [9.17, 15) is 4.79 Å². The second-order valence-electron chi connectivity index (χ2n) is 6.16. The van der Waals surface area contributed by atoms with Gasteiger partial charge in [0.05, 0.1) is 5.41 Å². The summed E-state index contributed by atoms with van der Waals surface area (Å²) in [5.74, 6) is 0.404. The summed E-state index contributed by atoms with van der Waals surface area (Å²) in [4.78, 5) is 12.3. The van der Waals surface area contributed by atoms with Crippen LogP contribution < -0.4 is 5.73 Å². The molecule has 1 fully saturated rings. The van der Waals surface area contributed by atoms with Crippen molar-refractivity contribution in [1.82, 2.24) is 0 Å². The number of carbonyl (C=O) groups is 1. The summed E-state index contributed by atoms with van der Waals surface area (Å²) in [5, 5.41) is 0. The van der Waals surface area contributed by atoms with Crippen molar-refractivity contribution in [1.29, 1.82) is 0 Å². The third-order valence-electron chi connectivity index (χ3n) is 3.52. The molecule has 1 saturated carbocycles. The van der Waals surface area contributed by atoms with Crippen molar-refractivity contribution in [3.63, 3.8) is 0 Å². The molecule has 3 heteroatoms. The summed E-state index contributed by atoms with van der Waals surface area (Å²) >= 11 is 0. The first-order chi connectivity index (χ1) is 7.21. The van der Waals surface area contributed by atoms with Crippen LogP contribution in [0.5, 0.6) is 0 Å². The van der Waals surface area contributed by atoms with Gasteiger partial charge in [0, 0.05) is 6.04 Å². The Bertz CT molecular complexity index is 270. The monoisotopic (exact) mass is 227 g/mol. The van der Waals surface area contributed by atoms with Gasteiger partial charge in [-0.3, -0.25) is 4.79 Å². The van der Waals surface area contributed by atoms with Gasteiger partial charge in [-0.05, 0) is 46.0 Å². The molecule has 1 aliphatic carbocycles. The fourth-order valence-corrected chi connectivity index (χ4v) is 2.68. The topological polar surface area (TPSA) is 52.3 Å². The van der Waals surface area contributed by atoms with Crippen molar-refractivity contribution >= 4 is 5.97 Å². The molecule has 2 N–H and O–H groups in total. The molecule has 0 radical (unpaired) electrons. The molecule has 0 spiro atoms. The molecular weight excluding hydrogens is 202 g/mol. The lowest BCUT2D eigenvalue weighted by Crippen LogP contribution is -2.46. The van der Waals surface area contributed by atoms with Gasteiger partial charge in [-0.2, -0.15) is 0 Å². The van der Waals surface area contributed by atoms with Crippen molar-refractivity contribution in [2.75, 3.05) is 0 Å². The molecule has 0 aromatic rings. The smallest absolute Gasteiger partial charge is 0.314 e. The molecule has 0 saturated heterocycles. The van der Waals surface area contributed by atoms with Crippen LogP contribution in [0.3, 0.4) is 0 Å². The zero-order chi connectivity index (χ0) is 12.6.